The average molecular weight is 360 g/mol. The molecular weight excluding hydrogens is 340 g/mol. The van der Waals surface area contributed by atoms with Crippen LogP contribution < -0.4 is 4.74 Å². The zero-order valence-corrected chi connectivity index (χ0v) is 15.7. The van der Waals surface area contributed by atoms with Gasteiger partial charge in [0.15, 0.2) is 0 Å². The first kappa shape index (κ1) is 16.6. The molecule has 0 saturated carbocycles. The monoisotopic (exact) mass is 360 g/mol. The van der Waals surface area contributed by atoms with Crippen molar-refractivity contribution in [2.75, 3.05) is 7.11 Å². The summed E-state index contributed by atoms with van der Waals surface area (Å²) in [5.41, 5.74) is 2.45. The summed E-state index contributed by atoms with van der Waals surface area (Å²) in [5, 5.41) is 7.41. The molecule has 5 aromatic rings. The fraction of sp³-hybridized carbons (Fsp3) is 0.0370. The number of rotatable bonds is 3. The van der Waals surface area contributed by atoms with Gasteiger partial charge in [-0.25, -0.2) is 0 Å². The molecule has 0 radical (unpaired) electrons. The second-order valence-electron chi connectivity index (χ2n) is 6.97. The van der Waals surface area contributed by atoms with Gasteiger partial charge < -0.3 is 4.74 Å². The third-order valence-corrected chi connectivity index (χ3v) is 5.38. The molecule has 0 saturated heterocycles. The van der Waals surface area contributed by atoms with Gasteiger partial charge in [-0.05, 0) is 50.2 Å². The Labute approximate surface area is 164 Å². The summed E-state index contributed by atoms with van der Waals surface area (Å²) in [6, 6.07) is 32.0. The van der Waals surface area contributed by atoms with Gasteiger partial charge in [0.05, 0.1) is 7.11 Å². The second kappa shape index (κ2) is 6.86. The van der Waals surface area contributed by atoms with Gasteiger partial charge in [-0.1, -0.05) is 91.0 Å². The molecule has 0 spiro atoms. The SMILES string of the molecule is COc1ccc(/C=C/c2c3ccccc3cc3ccccc23)c2ccccc12. The van der Waals surface area contributed by atoms with E-state index in [1.54, 1.807) is 7.11 Å². The van der Waals surface area contributed by atoms with Crippen molar-refractivity contribution in [2.24, 2.45) is 0 Å². The number of ether oxygens (including phenoxy) is 1. The molecule has 0 heterocycles. The number of fused-ring (bicyclic) bond motifs is 3. The summed E-state index contributed by atoms with van der Waals surface area (Å²) < 4.78 is 5.54. The maximum absolute atomic E-state index is 5.54. The van der Waals surface area contributed by atoms with Crippen molar-refractivity contribution in [2.45, 2.75) is 0 Å². The zero-order valence-electron chi connectivity index (χ0n) is 15.7. The third kappa shape index (κ3) is 2.73. The number of hydrogen-bond acceptors (Lipinski definition) is 1. The maximum atomic E-state index is 5.54. The van der Waals surface area contributed by atoms with Crippen LogP contribution in [0.1, 0.15) is 11.1 Å². The Balaban J connectivity index is 1.74. The van der Waals surface area contributed by atoms with Gasteiger partial charge in [0.1, 0.15) is 5.75 Å². The van der Waals surface area contributed by atoms with Gasteiger partial charge in [0.2, 0.25) is 0 Å². The fourth-order valence-electron chi connectivity index (χ4n) is 4.02. The summed E-state index contributed by atoms with van der Waals surface area (Å²) >= 11 is 0. The maximum Gasteiger partial charge on any atom is 0.126 e. The van der Waals surface area contributed by atoms with Crippen molar-refractivity contribution >= 4 is 44.5 Å². The van der Waals surface area contributed by atoms with Crippen molar-refractivity contribution < 1.29 is 4.74 Å². The van der Waals surface area contributed by atoms with Crippen molar-refractivity contribution in [3.8, 4) is 5.75 Å². The number of benzene rings is 5. The molecule has 0 amide bonds. The Morgan fingerprint density at radius 1 is 0.571 bits per heavy atom. The van der Waals surface area contributed by atoms with Crippen LogP contribution in [0.25, 0.3) is 44.5 Å². The minimum absolute atomic E-state index is 0.906. The smallest absolute Gasteiger partial charge is 0.126 e. The molecule has 0 atom stereocenters. The highest BCUT2D eigenvalue weighted by Crippen LogP contribution is 2.32. The lowest BCUT2D eigenvalue weighted by molar-refractivity contribution is 0.420. The number of methoxy groups -OCH3 is 1. The van der Waals surface area contributed by atoms with E-state index in [1.807, 2.05) is 6.07 Å². The van der Waals surface area contributed by atoms with E-state index in [1.165, 1.54) is 38.1 Å². The van der Waals surface area contributed by atoms with Gasteiger partial charge in [0, 0.05) is 5.39 Å². The normalized spacial score (nSPS) is 11.6. The number of hydrogen-bond donors (Lipinski definition) is 0. The van der Waals surface area contributed by atoms with Crippen molar-refractivity contribution in [1.29, 1.82) is 0 Å². The van der Waals surface area contributed by atoms with E-state index >= 15 is 0 Å². The van der Waals surface area contributed by atoms with Crippen LogP contribution in [0, 0.1) is 0 Å². The highest BCUT2D eigenvalue weighted by molar-refractivity contribution is 6.08. The minimum Gasteiger partial charge on any atom is -0.496 e. The van der Waals surface area contributed by atoms with Crippen LogP contribution in [0.4, 0.5) is 0 Å². The van der Waals surface area contributed by atoms with E-state index in [-0.39, 0.29) is 0 Å². The van der Waals surface area contributed by atoms with Crippen LogP contribution in [0.3, 0.4) is 0 Å². The lowest BCUT2D eigenvalue weighted by Gasteiger charge is -2.10. The highest BCUT2D eigenvalue weighted by Gasteiger charge is 2.07. The van der Waals surface area contributed by atoms with Crippen molar-refractivity contribution in [3.63, 3.8) is 0 Å². The second-order valence-corrected chi connectivity index (χ2v) is 6.97. The summed E-state index contributed by atoms with van der Waals surface area (Å²) in [5.74, 6) is 0.906. The fourth-order valence-corrected chi connectivity index (χ4v) is 4.02. The Hall–Kier alpha value is -3.58. The lowest BCUT2D eigenvalue weighted by Crippen LogP contribution is -1.87. The van der Waals surface area contributed by atoms with E-state index in [0.717, 1.165) is 11.1 Å². The van der Waals surface area contributed by atoms with Gasteiger partial charge in [-0.2, -0.15) is 0 Å². The largest absolute Gasteiger partial charge is 0.496 e. The molecule has 5 rings (SSSR count). The van der Waals surface area contributed by atoms with E-state index in [4.69, 9.17) is 4.74 Å². The summed E-state index contributed by atoms with van der Waals surface area (Å²) in [6.07, 6.45) is 4.47. The Morgan fingerprint density at radius 3 is 1.79 bits per heavy atom. The van der Waals surface area contributed by atoms with Crippen molar-refractivity contribution in [1.82, 2.24) is 0 Å². The molecule has 0 aliphatic heterocycles. The first-order valence-electron chi connectivity index (χ1n) is 9.49. The minimum atomic E-state index is 0.906. The van der Waals surface area contributed by atoms with Crippen molar-refractivity contribution in [3.05, 3.63) is 102 Å². The Morgan fingerprint density at radius 2 is 1.14 bits per heavy atom. The van der Waals surface area contributed by atoms with E-state index in [2.05, 4.69) is 97.1 Å². The summed E-state index contributed by atoms with van der Waals surface area (Å²) in [7, 11) is 1.72. The van der Waals surface area contributed by atoms with E-state index in [0.29, 0.717) is 0 Å². The molecule has 0 fully saturated rings. The molecular formula is C27H20O. The van der Waals surface area contributed by atoms with Crippen LogP contribution in [0.5, 0.6) is 5.75 Å². The predicted octanol–water partition coefficient (Wildman–Crippen LogP) is 7.33. The highest BCUT2D eigenvalue weighted by atomic mass is 16.5. The Kier molecular flexibility index (Phi) is 4.06. The van der Waals surface area contributed by atoms with Gasteiger partial charge in [0.25, 0.3) is 0 Å². The zero-order chi connectivity index (χ0) is 18.9. The van der Waals surface area contributed by atoms with Crippen LogP contribution in [-0.4, -0.2) is 7.11 Å². The standard InChI is InChI=1S/C27H20O/c1-28-27-17-15-19(22-10-6-7-13-26(22)27)14-16-25-23-11-4-2-8-20(23)18-21-9-3-5-12-24(21)25/h2-18H,1H3/b16-14+. The third-order valence-electron chi connectivity index (χ3n) is 5.38. The quantitative estimate of drug-likeness (QED) is 0.242. The molecule has 28 heavy (non-hydrogen) atoms. The molecule has 1 nitrogen and oxygen atoms in total. The van der Waals surface area contributed by atoms with E-state index in [9.17, 15) is 0 Å². The first-order valence-corrected chi connectivity index (χ1v) is 9.49. The first-order chi connectivity index (χ1) is 13.8. The van der Waals surface area contributed by atoms with Gasteiger partial charge in [-0.15, -0.1) is 0 Å². The Bertz CT molecular complexity index is 1290. The van der Waals surface area contributed by atoms with Crippen LogP contribution in [0.2, 0.25) is 0 Å². The molecule has 0 aliphatic carbocycles. The molecule has 1 heteroatoms. The predicted molar refractivity (Wildman–Crippen MR) is 121 cm³/mol. The molecule has 134 valence electrons. The molecule has 0 aromatic heterocycles. The summed E-state index contributed by atoms with van der Waals surface area (Å²) in [6.45, 7) is 0. The van der Waals surface area contributed by atoms with Crippen LogP contribution >= 0.6 is 0 Å². The van der Waals surface area contributed by atoms with Crippen LogP contribution in [-0.2, 0) is 0 Å². The molecule has 0 bridgehead atoms. The molecule has 0 unspecified atom stereocenters. The van der Waals surface area contributed by atoms with Crippen LogP contribution in [0.15, 0.2) is 91.0 Å². The van der Waals surface area contributed by atoms with Gasteiger partial charge in [-0.3, -0.25) is 0 Å². The topological polar surface area (TPSA) is 9.23 Å². The average Bonchev–Trinajstić information content (AvgIpc) is 2.76. The van der Waals surface area contributed by atoms with Gasteiger partial charge >= 0.3 is 0 Å². The molecule has 0 aliphatic rings. The molecule has 0 N–H and O–H groups in total. The van der Waals surface area contributed by atoms with E-state index < -0.39 is 0 Å². The lowest BCUT2D eigenvalue weighted by atomic mass is 9.95. The summed E-state index contributed by atoms with van der Waals surface area (Å²) in [4.78, 5) is 0. The molecule has 5 aromatic carbocycles.